The summed E-state index contributed by atoms with van der Waals surface area (Å²) in [6, 6.07) is 12.7. The molecule has 1 aliphatic carbocycles. The van der Waals surface area contributed by atoms with Gasteiger partial charge in [0.25, 0.3) is 0 Å². The SMILES string of the molecule is COC(=O)c1ccc2c(C3CCCCC3)n(-c3ccc(O)cc3)nc2c1. The Morgan fingerprint density at radius 1 is 1.12 bits per heavy atom. The largest absolute Gasteiger partial charge is 0.508 e. The molecule has 3 aromatic rings. The second-order valence-electron chi connectivity index (χ2n) is 6.87. The number of aromatic nitrogens is 2. The normalized spacial score (nSPS) is 15.3. The Bertz CT molecular complexity index is 938. The van der Waals surface area contributed by atoms with Crippen LogP contribution in [-0.4, -0.2) is 28.0 Å². The topological polar surface area (TPSA) is 64.3 Å². The zero-order valence-electron chi connectivity index (χ0n) is 14.8. The van der Waals surface area contributed by atoms with Gasteiger partial charge in [-0.25, -0.2) is 9.48 Å². The number of esters is 1. The van der Waals surface area contributed by atoms with E-state index >= 15 is 0 Å². The van der Waals surface area contributed by atoms with Crippen molar-refractivity contribution in [1.82, 2.24) is 9.78 Å². The molecule has 5 heteroatoms. The van der Waals surface area contributed by atoms with Gasteiger partial charge in [0.15, 0.2) is 0 Å². The summed E-state index contributed by atoms with van der Waals surface area (Å²) in [5.74, 6) is 0.328. The number of phenols is 1. The van der Waals surface area contributed by atoms with Crippen molar-refractivity contribution in [1.29, 1.82) is 0 Å². The molecular formula is C21H22N2O3. The van der Waals surface area contributed by atoms with E-state index < -0.39 is 0 Å². The van der Waals surface area contributed by atoms with Crippen LogP contribution in [0.4, 0.5) is 0 Å². The second-order valence-corrected chi connectivity index (χ2v) is 6.87. The number of rotatable bonds is 3. The van der Waals surface area contributed by atoms with Crippen molar-refractivity contribution in [3.05, 3.63) is 53.7 Å². The minimum atomic E-state index is -0.356. The predicted octanol–water partition coefficient (Wildman–Crippen LogP) is 4.57. The summed E-state index contributed by atoms with van der Waals surface area (Å²) in [6.45, 7) is 0. The smallest absolute Gasteiger partial charge is 0.337 e. The Morgan fingerprint density at radius 3 is 2.54 bits per heavy atom. The van der Waals surface area contributed by atoms with Crippen LogP contribution in [-0.2, 0) is 4.74 Å². The molecular weight excluding hydrogens is 328 g/mol. The highest BCUT2D eigenvalue weighted by molar-refractivity contribution is 5.95. The zero-order valence-corrected chi connectivity index (χ0v) is 14.8. The summed E-state index contributed by atoms with van der Waals surface area (Å²) in [5.41, 5.74) is 3.41. The van der Waals surface area contributed by atoms with E-state index in [4.69, 9.17) is 9.84 Å². The summed E-state index contributed by atoms with van der Waals surface area (Å²) < 4.78 is 6.81. The van der Waals surface area contributed by atoms with Crippen molar-refractivity contribution >= 4 is 16.9 Å². The molecule has 1 heterocycles. The maximum Gasteiger partial charge on any atom is 0.337 e. The Hall–Kier alpha value is -2.82. The summed E-state index contributed by atoms with van der Waals surface area (Å²) in [7, 11) is 1.38. The van der Waals surface area contributed by atoms with E-state index in [0.717, 1.165) is 29.4 Å². The van der Waals surface area contributed by atoms with Crippen LogP contribution in [0.25, 0.3) is 16.6 Å². The van der Waals surface area contributed by atoms with E-state index in [1.54, 1.807) is 18.2 Å². The number of hydrogen-bond donors (Lipinski definition) is 1. The number of hydrogen-bond acceptors (Lipinski definition) is 4. The van der Waals surface area contributed by atoms with E-state index in [1.165, 1.54) is 32.1 Å². The Kier molecular flexibility index (Phi) is 4.37. The first-order valence-electron chi connectivity index (χ1n) is 9.08. The maximum absolute atomic E-state index is 11.9. The fraction of sp³-hybridized carbons (Fsp3) is 0.333. The van der Waals surface area contributed by atoms with Gasteiger partial charge in [0.05, 0.1) is 29.6 Å². The minimum Gasteiger partial charge on any atom is -0.508 e. The first kappa shape index (κ1) is 16.6. The van der Waals surface area contributed by atoms with Crippen molar-refractivity contribution in [2.75, 3.05) is 7.11 Å². The molecule has 0 saturated heterocycles. The second kappa shape index (κ2) is 6.83. The molecule has 1 aromatic heterocycles. The first-order chi connectivity index (χ1) is 12.7. The monoisotopic (exact) mass is 350 g/mol. The lowest BCUT2D eigenvalue weighted by Crippen LogP contribution is -2.11. The number of aromatic hydroxyl groups is 1. The lowest BCUT2D eigenvalue weighted by molar-refractivity contribution is 0.0601. The lowest BCUT2D eigenvalue weighted by Gasteiger charge is -2.23. The average molecular weight is 350 g/mol. The van der Waals surface area contributed by atoms with Crippen molar-refractivity contribution in [2.24, 2.45) is 0 Å². The number of carbonyl (C=O) groups excluding carboxylic acids is 1. The summed E-state index contributed by atoms with van der Waals surface area (Å²) >= 11 is 0. The van der Waals surface area contributed by atoms with Gasteiger partial charge in [-0.3, -0.25) is 0 Å². The molecule has 0 aliphatic heterocycles. The van der Waals surface area contributed by atoms with Crippen LogP contribution < -0.4 is 0 Å². The van der Waals surface area contributed by atoms with Crippen LogP contribution in [0.3, 0.4) is 0 Å². The van der Waals surface area contributed by atoms with E-state index in [9.17, 15) is 9.90 Å². The number of ether oxygens (including phenoxy) is 1. The summed E-state index contributed by atoms with van der Waals surface area (Å²) in [6.07, 6.45) is 6.05. The summed E-state index contributed by atoms with van der Waals surface area (Å²) in [4.78, 5) is 11.9. The lowest BCUT2D eigenvalue weighted by atomic mass is 9.85. The molecule has 134 valence electrons. The van der Waals surface area contributed by atoms with E-state index in [1.807, 2.05) is 28.9 Å². The van der Waals surface area contributed by atoms with Gasteiger partial charge >= 0.3 is 5.97 Å². The molecule has 0 unspecified atom stereocenters. The number of carbonyl (C=O) groups is 1. The molecule has 0 amide bonds. The van der Waals surface area contributed by atoms with Crippen LogP contribution in [0.1, 0.15) is 54.1 Å². The van der Waals surface area contributed by atoms with Crippen LogP contribution in [0.5, 0.6) is 5.75 Å². The first-order valence-corrected chi connectivity index (χ1v) is 9.08. The van der Waals surface area contributed by atoms with Crippen molar-refractivity contribution in [2.45, 2.75) is 38.0 Å². The molecule has 2 aromatic carbocycles. The van der Waals surface area contributed by atoms with Crippen LogP contribution in [0.2, 0.25) is 0 Å². The summed E-state index contributed by atoms with van der Waals surface area (Å²) in [5, 5.41) is 15.5. The Labute approximate surface area is 152 Å². The fourth-order valence-electron chi connectivity index (χ4n) is 3.91. The maximum atomic E-state index is 11.9. The molecule has 1 saturated carbocycles. The van der Waals surface area contributed by atoms with Crippen molar-refractivity contribution in [3.63, 3.8) is 0 Å². The van der Waals surface area contributed by atoms with Gasteiger partial charge in [0, 0.05) is 11.3 Å². The molecule has 26 heavy (non-hydrogen) atoms. The van der Waals surface area contributed by atoms with E-state index in [-0.39, 0.29) is 11.7 Å². The molecule has 0 spiro atoms. The molecule has 0 atom stereocenters. The van der Waals surface area contributed by atoms with E-state index in [0.29, 0.717) is 11.5 Å². The van der Waals surface area contributed by atoms with Gasteiger partial charge in [0.2, 0.25) is 0 Å². The fourth-order valence-corrected chi connectivity index (χ4v) is 3.91. The third-order valence-electron chi connectivity index (χ3n) is 5.22. The van der Waals surface area contributed by atoms with Gasteiger partial charge in [0.1, 0.15) is 5.75 Å². The van der Waals surface area contributed by atoms with Gasteiger partial charge in [-0.05, 0) is 49.2 Å². The quantitative estimate of drug-likeness (QED) is 0.703. The highest BCUT2D eigenvalue weighted by Crippen LogP contribution is 2.38. The van der Waals surface area contributed by atoms with Crippen LogP contribution in [0, 0.1) is 0 Å². The molecule has 5 nitrogen and oxygen atoms in total. The van der Waals surface area contributed by atoms with Gasteiger partial charge in [-0.15, -0.1) is 0 Å². The average Bonchev–Trinajstić information content (AvgIpc) is 3.07. The van der Waals surface area contributed by atoms with Crippen molar-refractivity contribution < 1.29 is 14.6 Å². The molecule has 4 rings (SSSR count). The van der Waals surface area contributed by atoms with Gasteiger partial charge in [-0.2, -0.15) is 5.10 Å². The Morgan fingerprint density at radius 2 is 1.85 bits per heavy atom. The van der Waals surface area contributed by atoms with E-state index in [2.05, 4.69) is 0 Å². The molecule has 1 fully saturated rings. The molecule has 0 radical (unpaired) electrons. The number of nitrogens with zero attached hydrogens (tertiary/aromatic N) is 2. The highest BCUT2D eigenvalue weighted by atomic mass is 16.5. The van der Waals surface area contributed by atoms with Crippen LogP contribution in [0.15, 0.2) is 42.5 Å². The number of methoxy groups -OCH3 is 1. The third-order valence-corrected chi connectivity index (χ3v) is 5.22. The Balaban J connectivity index is 1.89. The zero-order chi connectivity index (χ0) is 18.1. The predicted molar refractivity (Wildman–Crippen MR) is 99.9 cm³/mol. The highest BCUT2D eigenvalue weighted by Gasteiger charge is 2.24. The number of phenolic OH excluding ortho intramolecular Hbond substituents is 1. The molecule has 1 N–H and O–H groups in total. The standard InChI is InChI=1S/C21H22N2O3/c1-26-21(25)15-7-12-18-19(13-15)22-23(16-8-10-17(24)11-9-16)20(18)14-5-3-2-4-6-14/h7-14,24H,2-6H2,1H3. The minimum absolute atomic E-state index is 0.234. The molecule has 1 aliphatic rings. The number of fused-ring (bicyclic) bond motifs is 1. The van der Waals surface area contributed by atoms with Crippen molar-refractivity contribution in [3.8, 4) is 11.4 Å². The van der Waals surface area contributed by atoms with Crippen LogP contribution >= 0.6 is 0 Å². The number of benzene rings is 2. The van der Waals surface area contributed by atoms with Gasteiger partial charge in [-0.1, -0.05) is 25.3 Å². The molecule has 0 bridgehead atoms. The van der Waals surface area contributed by atoms with Gasteiger partial charge < -0.3 is 9.84 Å². The third kappa shape index (κ3) is 2.94.